The molecule has 0 aromatic heterocycles. The lowest BCUT2D eigenvalue weighted by atomic mass is 10.3. The highest BCUT2D eigenvalue weighted by molar-refractivity contribution is 7.59. The lowest BCUT2D eigenvalue weighted by molar-refractivity contribution is -0.151. The van der Waals surface area contributed by atoms with Crippen molar-refractivity contribution < 1.29 is 41.5 Å². The van der Waals surface area contributed by atoms with Gasteiger partial charge in [0.15, 0.2) is 0 Å². The zero-order chi connectivity index (χ0) is 16.7. The van der Waals surface area contributed by atoms with E-state index in [1.807, 2.05) is 0 Å². The van der Waals surface area contributed by atoms with Gasteiger partial charge in [-0.1, -0.05) is 6.08 Å². The van der Waals surface area contributed by atoms with Gasteiger partial charge < -0.3 is 19.3 Å². The monoisotopic (exact) mass is 326 g/mol. The van der Waals surface area contributed by atoms with Crippen molar-refractivity contribution in [3.63, 3.8) is 0 Å². The van der Waals surface area contributed by atoms with E-state index in [0.717, 1.165) is 0 Å². The molecule has 0 aliphatic rings. The van der Waals surface area contributed by atoms with Gasteiger partial charge in [-0.05, 0) is 0 Å². The fraction of sp³-hybridized carbons (Fsp3) is 0.636. The Morgan fingerprint density at radius 3 is 2.19 bits per heavy atom. The summed E-state index contributed by atoms with van der Waals surface area (Å²) in [4.78, 5) is 21.8. The minimum atomic E-state index is -3.11. The number of aliphatic hydroxyl groups is 1. The first kappa shape index (κ1) is 21.5. The zero-order valence-electron chi connectivity index (χ0n) is 11.5. The maximum Gasteiger partial charge on any atom is 0.425 e. The van der Waals surface area contributed by atoms with Gasteiger partial charge in [-0.25, -0.2) is 0 Å². The maximum atomic E-state index is 11.1. The summed E-state index contributed by atoms with van der Waals surface area (Å²) in [5.41, 5.74) is 0. The molecule has 0 heterocycles. The van der Waals surface area contributed by atoms with Gasteiger partial charge in [0.05, 0.1) is 33.2 Å². The highest BCUT2D eigenvalue weighted by Crippen LogP contribution is 1.96. The summed E-state index contributed by atoms with van der Waals surface area (Å²) in [6, 6.07) is 0. The van der Waals surface area contributed by atoms with Crippen LogP contribution in [0, 0.1) is 0 Å². The normalized spacial score (nSPS) is 10.6. The first-order chi connectivity index (χ1) is 9.83. The summed E-state index contributed by atoms with van der Waals surface area (Å²) in [5.74, 6) is -1.03. The summed E-state index contributed by atoms with van der Waals surface area (Å²) >= 11 is 0. The standard InChI is InChI=1S/C11H18O6.O3S/c1-3-6-16-7-9(12)8-17-11(14)5-4-10(13)15-2;1-4(2)3/h3,9,12H,1,4-8H2,2H3;. The molecule has 0 bridgehead atoms. The molecule has 0 amide bonds. The lowest BCUT2D eigenvalue weighted by Crippen LogP contribution is -2.24. The second-order valence-electron chi connectivity index (χ2n) is 3.44. The Hall–Kier alpha value is -1.78. The molecule has 0 radical (unpaired) electrons. The van der Waals surface area contributed by atoms with Crippen molar-refractivity contribution in [3.05, 3.63) is 12.7 Å². The number of methoxy groups -OCH3 is 1. The van der Waals surface area contributed by atoms with Gasteiger partial charge >= 0.3 is 22.5 Å². The molecule has 1 unspecified atom stereocenters. The van der Waals surface area contributed by atoms with Crippen molar-refractivity contribution in [2.24, 2.45) is 0 Å². The number of ether oxygens (including phenoxy) is 3. The van der Waals surface area contributed by atoms with Crippen LogP contribution in [-0.4, -0.2) is 62.7 Å². The summed E-state index contributed by atoms with van der Waals surface area (Å²) < 4.78 is 39.4. The molecule has 0 aromatic carbocycles. The van der Waals surface area contributed by atoms with E-state index in [9.17, 15) is 14.7 Å². The van der Waals surface area contributed by atoms with Crippen LogP contribution in [0.5, 0.6) is 0 Å². The summed E-state index contributed by atoms with van der Waals surface area (Å²) in [5, 5.41) is 9.32. The average molecular weight is 326 g/mol. The topological polar surface area (TPSA) is 133 Å². The smallest absolute Gasteiger partial charge is 0.425 e. The minimum absolute atomic E-state index is 0.0294. The van der Waals surface area contributed by atoms with E-state index in [1.165, 1.54) is 7.11 Å². The van der Waals surface area contributed by atoms with Gasteiger partial charge in [-0.3, -0.25) is 9.59 Å². The van der Waals surface area contributed by atoms with Gasteiger partial charge in [-0.2, -0.15) is 0 Å². The van der Waals surface area contributed by atoms with Crippen LogP contribution < -0.4 is 0 Å². The second-order valence-corrected chi connectivity index (χ2v) is 3.85. The van der Waals surface area contributed by atoms with Crippen LogP contribution in [0.25, 0.3) is 0 Å². The van der Waals surface area contributed by atoms with Crippen molar-refractivity contribution in [1.29, 1.82) is 0 Å². The van der Waals surface area contributed by atoms with E-state index in [1.54, 1.807) is 6.08 Å². The molecule has 0 saturated heterocycles. The van der Waals surface area contributed by atoms with Crippen molar-refractivity contribution in [1.82, 2.24) is 0 Å². The minimum Gasteiger partial charge on any atom is -0.469 e. The van der Waals surface area contributed by atoms with E-state index in [0.29, 0.717) is 6.61 Å². The maximum absolute atomic E-state index is 11.1. The van der Waals surface area contributed by atoms with Gasteiger partial charge in [0, 0.05) is 0 Å². The number of hydrogen-bond donors (Lipinski definition) is 1. The molecule has 0 rings (SSSR count). The van der Waals surface area contributed by atoms with E-state index >= 15 is 0 Å². The van der Waals surface area contributed by atoms with E-state index < -0.39 is 28.7 Å². The Balaban J connectivity index is 0. The molecule has 1 atom stereocenters. The predicted octanol–water partition coefficient (Wildman–Crippen LogP) is -0.958. The van der Waals surface area contributed by atoms with Crippen LogP contribution in [0.1, 0.15) is 12.8 Å². The molecule has 122 valence electrons. The molecule has 0 saturated carbocycles. The molecule has 0 spiro atoms. The highest BCUT2D eigenvalue weighted by Gasteiger charge is 2.11. The molecule has 0 aliphatic heterocycles. The van der Waals surface area contributed by atoms with Crippen LogP contribution in [-0.2, 0) is 34.4 Å². The molecule has 21 heavy (non-hydrogen) atoms. The number of esters is 2. The number of rotatable bonds is 9. The van der Waals surface area contributed by atoms with Crippen LogP contribution in [0.3, 0.4) is 0 Å². The molecule has 0 aromatic rings. The molecular formula is C11H18O9S. The molecule has 0 fully saturated rings. The van der Waals surface area contributed by atoms with E-state index in [2.05, 4.69) is 11.3 Å². The summed E-state index contributed by atoms with van der Waals surface area (Å²) in [7, 11) is -1.87. The third-order valence-corrected chi connectivity index (χ3v) is 1.74. The van der Waals surface area contributed by atoms with Gasteiger partial charge in [0.2, 0.25) is 0 Å². The summed E-state index contributed by atoms with van der Waals surface area (Å²) in [6.07, 6.45) is 0.581. The van der Waals surface area contributed by atoms with Crippen molar-refractivity contribution in [2.75, 3.05) is 26.9 Å². The number of hydrogen-bond acceptors (Lipinski definition) is 9. The average Bonchev–Trinajstić information content (AvgIpc) is 2.42. The first-order valence-corrected chi connectivity index (χ1v) is 6.69. The third-order valence-electron chi connectivity index (χ3n) is 1.74. The van der Waals surface area contributed by atoms with Gasteiger partial charge in [-0.15, -0.1) is 19.2 Å². The van der Waals surface area contributed by atoms with Crippen LogP contribution in [0.2, 0.25) is 0 Å². The molecule has 10 heteroatoms. The van der Waals surface area contributed by atoms with Crippen LogP contribution >= 0.6 is 0 Å². The Morgan fingerprint density at radius 2 is 1.71 bits per heavy atom. The molecule has 1 N–H and O–H groups in total. The number of carbonyl (C=O) groups excluding carboxylic acids is 2. The first-order valence-electron chi connectivity index (χ1n) is 5.69. The summed E-state index contributed by atoms with van der Waals surface area (Å²) in [6.45, 7) is 3.68. The molecule has 0 aliphatic carbocycles. The Labute approximate surface area is 123 Å². The second kappa shape index (κ2) is 14.6. The van der Waals surface area contributed by atoms with Crippen molar-refractivity contribution in [2.45, 2.75) is 18.9 Å². The van der Waals surface area contributed by atoms with Crippen LogP contribution in [0.15, 0.2) is 12.7 Å². The lowest BCUT2D eigenvalue weighted by Gasteiger charge is -2.10. The van der Waals surface area contributed by atoms with Crippen molar-refractivity contribution >= 4 is 22.5 Å². The van der Waals surface area contributed by atoms with Gasteiger partial charge in [0.25, 0.3) is 0 Å². The fourth-order valence-electron chi connectivity index (χ4n) is 0.903. The predicted molar refractivity (Wildman–Crippen MR) is 68.9 cm³/mol. The van der Waals surface area contributed by atoms with Gasteiger partial charge in [0.1, 0.15) is 12.7 Å². The Morgan fingerprint density at radius 1 is 1.19 bits per heavy atom. The third kappa shape index (κ3) is 20.7. The molecular weight excluding hydrogens is 308 g/mol. The number of carbonyl (C=O) groups is 2. The fourth-order valence-corrected chi connectivity index (χ4v) is 0.903. The van der Waals surface area contributed by atoms with Crippen molar-refractivity contribution in [3.8, 4) is 0 Å². The Bertz CT molecular complexity index is 407. The number of aliphatic hydroxyl groups excluding tert-OH is 1. The SMILES string of the molecule is C=CCOCC(O)COC(=O)CCC(=O)OC.O=S(=O)=O. The largest absolute Gasteiger partial charge is 0.469 e. The van der Waals surface area contributed by atoms with Crippen LogP contribution in [0.4, 0.5) is 0 Å². The zero-order valence-corrected chi connectivity index (χ0v) is 12.3. The quantitative estimate of drug-likeness (QED) is 0.323. The van der Waals surface area contributed by atoms with E-state index in [-0.39, 0.29) is 26.1 Å². The molecule has 9 nitrogen and oxygen atoms in total. The van der Waals surface area contributed by atoms with E-state index in [4.69, 9.17) is 22.1 Å². The highest BCUT2D eigenvalue weighted by atomic mass is 32.2. The Kier molecular flexibility index (Phi) is 15.0.